The number of hydrogen-bond acceptors (Lipinski definition) is 3. The lowest BCUT2D eigenvalue weighted by molar-refractivity contribution is 0.467. The normalized spacial score (nSPS) is 22.6. The number of aryl methyl sites for hydroxylation is 1. The quantitative estimate of drug-likeness (QED) is 0.787. The number of aromatic nitrogens is 3. The predicted molar refractivity (Wildman–Crippen MR) is 59.7 cm³/mol. The van der Waals surface area contributed by atoms with Crippen molar-refractivity contribution in [2.75, 3.05) is 13.1 Å². The monoisotopic (exact) mass is 208 g/mol. The summed E-state index contributed by atoms with van der Waals surface area (Å²) in [7, 11) is 0. The van der Waals surface area contributed by atoms with Crippen molar-refractivity contribution in [3.05, 3.63) is 11.6 Å². The summed E-state index contributed by atoms with van der Waals surface area (Å²) in [6.45, 7) is 4.38. The molecule has 1 aromatic heterocycles. The molecule has 0 aromatic carbocycles. The van der Waals surface area contributed by atoms with E-state index in [1.807, 2.05) is 0 Å². The minimum absolute atomic E-state index is 0.727. The van der Waals surface area contributed by atoms with E-state index in [9.17, 15) is 0 Å². The van der Waals surface area contributed by atoms with Gasteiger partial charge in [-0.25, -0.2) is 4.98 Å². The second-order valence-corrected chi connectivity index (χ2v) is 4.32. The maximum atomic E-state index is 4.46. The zero-order valence-corrected chi connectivity index (χ0v) is 9.42. The van der Waals surface area contributed by atoms with Crippen LogP contribution in [-0.2, 0) is 12.8 Å². The van der Waals surface area contributed by atoms with Crippen molar-refractivity contribution in [1.29, 1.82) is 0 Å². The van der Waals surface area contributed by atoms with E-state index in [2.05, 4.69) is 27.4 Å². The van der Waals surface area contributed by atoms with Crippen LogP contribution in [-0.4, -0.2) is 28.3 Å². The molecule has 0 amide bonds. The molecule has 1 unspecified atom stereocenters. The average Bonchev–Trinajstić information content (AvgIpc) is 2.54. The van der Waals surface area contributed by atoms with Crippen LogP contribution < -0.4 is 5.32 Å². The molecular formula is C11H20N4. The number of nitrogens with zero attached hydrogens (tertiary/aromatic N) is 2. The topological polar surface area (TPSA) is 53.6 Å². The van der Waals surface area contributed by atoms with E-state index >= 15 is 0 Å². The van der Waals surface area contributed by atoms with E-state index in [4.69, 9.17) is 0 Å². The number of rotatable bonds is 3. The van der Waals surface area contributed by atoms with Crippen molar-refractivity contribution in [1.82, 2.24) is 20.5 Å². The lowest BCUT2D eigenvalue weighted by atomic mass is 9.99. The Morgan fingerprint density at radius 2 is 2.33 bits per heavy atom. The number of hydrogen-bond donors (Lipinski definition) is 2. The molecule has 2 heterocycles. The molecular weight excluding hydrogens is 188 g/mol. The lowest BCUT2D eigenvalue weighted by Crippen LogP contribution is -2.22. The van der Waals surface area contributed by atoms with Crippen LogP contribution in [0.2, 0.25) is 0 Å². The third kappa shape index (κ3) is 3.02. The number of aromatic amines is 1. The van der Waals surface area contributed by atoms with Crippen LogP contribution in [0.3, 0.4) is 0 Å². The van der Waals surface area contributed by atoms with Crippen LogP contribution in [0.1, 0.15) is 37.8 Å². The highest BCUT2D eigenvalue weighted by molar-refractivity contribution is 4.92. The van der Waals surface area contributed by atoms with Gasteiger partial charge in [0.2, 0.25) is 0 Å². The van der Waals surface area contributed by atoms with Gasteiger partial charge in [-0.1, -0.05) is 13.3 Å². The molecule has 0 bridgehead atoms. The molecule has 1 atom stereocenters. The smallest absolute Gasteiger partial charge is 0.150 e. The molecule has 15 heavy (non-hydrogen) atoms. The van der Waals surface area contributed by atoms with Crippen molar-refractivity contribution < 1.29 is 0 Å². The molecule has 1 aliphatic heterocycles. The minimum atomic E-state index is 0.727. The molecule has 2 N–H and O–H groups in total. The van der Waals surface area contributed by atoms with Crippen molar-refractivity contribution in [2.45, 2.75) is 39.0 Å². The van der Waals surface area contributed by atoms with Gasteiger partial charge in [0.25, 0.3) is 0 Å². The summed E-state index contributed by atoms with van der Waals surface area (Å²) in [5.41, 5.74) is 0. The van der Waals surface area contributed by atoms with Crippen molar-refractivity contribution >= 4 is 0 Å². The first-order chi connectivity index (χ1) is 7.38. The van der Waals surface area contributed by atoms with Gasteiger partial charge < -0.3 is 5.32 Å². The van der Waals surface area contributed by atoms with Crippen molar-refractivity contribution in [2.24, 2.45) is 5.92 Å². The lowest BCUT2D eigenvalue weighted by Gasteiger charge is -2.11. The summed E-state index contributed by atoms with van der Waals surface area (Å²) in [6.07, 6.45) is 5.92. The van der Waals surface area contributed by atoms with Crippen LogP contribution in [0.5, 0.6) is 0 Å². The van der Waals surface area contributed by atoms with E-state index in [1.54, 1.807) is 0 Å². The van der Waals surface area contributed by atoms with Crippen molar-refractivity contribution in [3.63, 3.8) is 0 Å². The maximum Gasteiger partial charge on any atom is 0.150 e. The highest BCUT2D eigenvalue weighted by atomic mass is 15.2. The Balaban J connectivity index is 1.89. The van der Waals surface area contributed by atoms with Gasteiger partial charge in [-0.2, -0.15) is 5.10 Å². The number of nitrogens with one attached hydrogen (secondary N) is 2. The van der Waals surface area contributed by atoms with Crippen LogP contribution in [0.15, 0.2) is 0 Å². The van der Waals surface area contributed by atoms with E-state index in [0.717, 1.165) is 37.0 Å². The van der Waals surface area contributed by atoms with Crippen LogP contribution in [0.4, 0.5) is 0 Å². The van der Waals surface area contributed by atoms with Gasteiger partial charge in [-0.3, -0.25) is 5.10 Å². The molecule has 1 aromatic rings. The summed E-state index contributed by atoms with van der Waals surface area (Å²) in [4.78, 5) is 4.46. The molecule has 1 saturated heterocycles. The first-order valence-electron chi connectivity index (χ1n) is 5.99. The summed E-state index contributed by atoms with van der Waals surface area (Å²) >= 11 is 0. The fourth-order valence-corrected chi connectivity index (χ4v) is 2.12. The van der Waals surface area contributed by atoms with Crippen LogP contribution in [0.25, 0.3) is 0 Å². The van der Waals surface area contributed by atoms with Gasteiger partial charge >= 0.3 is 0 Å². The second kappa shape index (κ2) is 5.26. The van der Waals surface area contributed by atoms with E-state index in [0.29, 0.717) is 0 Å². The van der Waals surface area contributed by atoms with Crippen molar-refractivity contribution in [3.8, 4) is 0 Å². The first-order valence-corrected chi connectivity index (χ1v) is 5.99. The predicted octanol–water partition coefficient (Wildman–Crippen LogP) is 1.30. The summed E-state index contributed by atoms with van der Waals surface area (Å²) in [5, 5.41) is 10.7. The maximum absolute atomic E-state index is 4.46. The van der Waals surface area contributed by atoms with Gasteiger partial charge in [-0.15, -0.1) is 0 Å². The molecule has 0 saturated carbocycles. The Bertz CT molecular complexity index is 287. The Labute approximate surface area is 90.9 Å². The largest absolute Gasteiger partial charge is 0.316 e. The summed E-state index contributed by atoms with van der Waals surface area (Å²) in [6, 6.07) is 0. The standard InChI is InChI=1S/C11H20N4/c1-2-10-13-11(15-14-10)7-9-5-3-4-6-12-8-9/h9,12H,2-8H2,1H3,(H,13,14,15). The van der Waals surface area contributed by atoms with Gasteiger partial charge in [0.1, 0.15) is 11.6 Å². The molecule has 1 aliphatic rings. The van der Waals surface area contributed by atoms with E-state index < -0.39 is 0 Å². The highest BCUT2D eigenvalue weighted by Gasteiger charge is 2.14. The Morgan fingerprint density at radius 3 is 3.13 bits per heavy atom. The minimum Gasteiger partial charge on any atom is -0.316 e. The summed E-state index contributed by atoms with van der Waals surface area (Å²) in [5.74, 6) is 2.72. The van der Waals surface area contributed by atoms with Gasteiger partial charge in [0.05, 0.1) is 0 Å². The zero-order valence-electron chi connectivity index (χ0n) is 9.42. The third-order valence-corrected chi connectivity index (χ3v) is 3.03. The molecule has 0 radical (unpaired) electrons. The van der Waals surface area contributed by atoms with Crippen LogP contribution in [0, 0.1) is 5.92 Å². The Kier molecular flexibility index (Phi) is 3.72. The van der Waals surface area contributed by atoms with Gasteiger partial charge in [0.15, 0.2) is 0 Å². The van der Waals surface area contributed by atoms with E-state index in [1.165, 1.54) is 25.8 Å². The fourth-order valence-electron chi connectivity index (χ4n) is 2.12. The van der Waals surface area contributed by atoms with Crippen LogP contribution >= 0.6 is 0 Å². The zero-order chi connectivity index (χ0) is 10.5. The molecule has 84 valence electrons. The first kappa shape index (κ1) is 10.6. The molecule has 0 spiro atoms. The number of H-pyrrole nitrogens is 1. The Hall–Kier alpha value is -0.900. The summed E-state index contributed by atoms with van der Waals surface area (Å²) < 4.78 is 0. The van der Waals surface area contributed by atoms with Gasteiger partial charge in [0, 0.05) is 12.8 Å². The third-order valence-electron chi connectivity index (χ3n) is 3.03. The van der Waals surface area contributed by atoms with E-state index in [-0.39, 0.29) is 0 Å². The molecule has 0 aliphatic carbocycles. The molecule has 4 nitrogen and oxygen atoms in total. The van der Waals surface area contributed by atoms with Gasteiger partial charge in [-0.05, 0) is 31.8 Å². The SMILES string of the molecule is CCc1n[nH]c(CC2CCCCNC2)n1. The molecule has 1 fully saturated rings. The second-order valence-electron chi connectivity index (χ2n) is 4.32. The highest BCUT2D eigenvalue weighted by Crippen LogP contribution is 2.14. The molecule has 2 rings (SSSR count). The average molecular weight is 208 g/mol. The molecule has 4 heteroatoms. The Morgan fingerprint density at radius 1 is 1.40 bits per heavy atom. The fraction of sp³-hybridized carbons (Fsp3) is 0.818.